The summed E-state index contributed by atoms with van der Waals surface area (Å²) in [6, 6.07) is 11.8. The van der Waals surface area contributed by atoms with Crippen molar-refractivity contribution >= 4 is 11.8 Å². The van der Waals surface area contributed by atoms with Crippen LogP contribution in [0.2, 0.25) is 0 Å². The van der Waals surface area contributed by atoms with Crippen LogP contribution in [-0.4, -0.2) is 41.5 Å². The van der Waals surface area contributed by atoms with E-state index in [0.717, 1.165) is 43.5 Å². The second-order valence-electron chi connectivity index (χ2n) is 8.00. The molecule has 1 aliphatic heterocycles. The third-order valence-corrected chi connectivity index (χ3v) is 5.78. The lowest BCUT2D eigenvalue weighted by atomic mass is 9.75. The van der Waals surface area contributed by atoms with Crippen molar-refractivity contribution in [3.05, 3.63) is 42.2 Å². The van der Waals surface area contributed by atoms with E-state index in [9.17, 15) is 9.59 Å². The molecule has 6 heteroatoms. The maximum atomic E-state index is 13.0. The van der Waals surface area contributed by atoms with Crippen LogP contribution in [0, 0.1) is 11.3 Å². The Morgan fingerprint density at radius 2 is 2.07 bits per heavy atom. The Kier molecular flexibility index (Phi) is 5.20. The SMILES string of the molecule is CCNC(=O)C1(Cc2cc(-c3ccccc3)no2)CCCN(C(=O)C2CC2)C1. The Morgan fingerprint density at radius 1 is 1.29 bits per heavy atom. The van der Waals surface area contributed by atoms with Gasteiger partial charge in [-0.1, -0.05) is 35.5 Å². The van der Waals surface area contributed by atoms with Crippen LogP contribution in [0.3, 0.4) is 0 Å². The average Bonchev–Trinajstić information content (AvgIpc) is 3.47. The van der Waals surface area contributed by atoms with E-state index >= 15 is 0 Å². The first-order valence-electron chi connectivity index (χ1n) is 10.2. The maximum Gasteiger partial charge on any atom is 0.228 e. The number of nitrogens with zero attached hydrogens (tertiary/aromatic N) is 2. The first-order chi connectivity index (χ1) is 13.6. The van der Waals surface area contributed by atoms with Crippen molar-refractivity contribution in [3.63, 3.8) is 0 Å². The first kappa shape index (κ1) is 18.7. The molecule has 6 nitrogen and oxygen atoms in total. The predicted molar refractivity (Wildman–Crippen MR) is 105 cm³/mol. The van der Waals surface area contributed by atoms with Crippen LogP contribution in [-0.2, 0) is 16.0 Å². The van der Waals surface area contributed by atoms with E-state index in [4.69, 9.17) is 4.52 Å². The Morgan fingerprint density at radius 3 is 2.79 bits per heavy atom. The summed E-state index contributed by atoms with van der Waals surface area (Å²) in [5, 5.41) is 7.17. The number of nitrogens with one attached hydrogen (secondary N) is 1. The fourth-order valence-electron chi connectivity index (χ4n) is 4.14. The number of amides is 2. The summed E-state index contributed by atoms with van der Waals surface area (Å²) in [5.74, 6) is 1.06. The average molecular weight is 381 g/mol. The summed E-state index contributed by atoms with van der Waals surface area (Å²) in [7, 11) is 0. The zero-order valence-corrected chi connectivity index (χ0v) is 16.3. The van der Waals surface area contributed by atoms with Gasteiger partial charge in [-0.15, -0.1) is 0 Å². The minimum absolute atomic E-state index is 0.000887. The molecule has 2 aliphatic rings. The number of benzene rings is 1. The molecule has 4 rings (SSSR count). The normalized spacial score (nSPS) is 22.1. The molecular formula is C22H27N3O3. The molecule has 1 aromatic heterocycles. The molecule has 1 atom stereocenters. The van der Waals surface area contributed by atoms with Crippen molar-refractivity contribution < 1.29 is 14.1 Å². The number of carbonyl (C=O) groups is 2. The Hall–Kier alpha value is -2.63. The van der Waals surface area contributed by atoms with E-state index < -0.39 is 5.41 Å². The van der Waals surface area contributed by atoms with Gasteiger partial charge in [-0.25, -0.2) is 0 Å². The van der Waals surface area contributed by atoms with Crippen LogP contribution in [0.25, 0.3) is 11.3 Å². The molecule has 148 valence electrons. The number of carbonyl (C=O) groups excluding carboxylic acids is 2. The van der Waals surface area contributed by atoms with E-state index in [1.54, 1.807) is 0 Å². The topological polar surface area (TPSA) is 75.4 Å². The lowest BCUT2D eigenvalue weighted by Crippen LogP contribution is -2.54. The van der Waals surface area contributed by atoms with Crippen LogP contribution >= 0.6 is 0 Å². The summed E-state index contributed by atoms with van der Waals surface area (Å²) in [6.07, 6.45) is 3.98. The van der Waals surface area contributed by atoms with Crippen LogP contribution in [0.1, 0.15) is 38.4 Å². The quantitative estimate of drug-likeness (QED) is 0.834. The highest BCUT2D eigenvalue weighted by molar-refractivity contribution is 5.86. The van der Waals surface area contributed by atoms with Crippen molar-refractivity contribution in [2.75, 3.05) is 19.6 Å². The Labute approximate surface area is 165 Å². The van der Waals surface area contributed by atoms with Gasteiger partial charge < -0.3 is 14.7 Å². The number of aromatic nitrogens is 1. The van der Waals surface area contributed by atoms with E-state index in [1.165, 1.54) is 0 Å². The smallest absolute Gasteiger partial charge is 0.228 e. The van der Waals surface area contributed by atoms with Gasteiger partial charge in [0.2, 0.25) is 11.8 Å². The highest BCUT2D eigenvalue weighted by Crippen LogP contribution is 2.38. The van der Waals surface area contributed by atoms with Crippen molar-refractivity contribution in [3.8, 4) is 11.3 Å². The Balaban J connectivity index is 1.57. The molecule has 1 unspecified atom stereocenters. The molecule has 2 aromatic rings. The summed E-state index contributed by atoms with van der Waals surface area (Å²) >= 11 is 0. The molecule has 2 fully saturated rings. The van der Waals surface area contributed by atoms with Gasteiger partial charge in [-0.2, -0.15) is 0 Å². The van der Waals surface area contributed by atoms with Gasteiger partial charge in [0.25, 0.3) is 0 Å². The highest BCUT2D eigenvalue weighted by Gasteiger charge is 2.46. The van der Waals surface area contributed by atoms with Crippen molar-refractivity contribution in [2.45, 2.75) is 39.0 Å². The monoisotopic (exact) mass is 381 g/mol. The summed E-state index contributed by atoms with van der Waals surface area (Å²) in [4.78, 5) is 27.6. The van der Waals surface area contributed by atoms with Crippen molar-refractivity contribution in [1.82, 2.24) is 15.4 Å². The van der Waals surface area contributed by atoms with Crippen LogP contribution in [0.15, 0.2) is 40.9 Å². The first-order valence-corrected chi connectivity index (χ1v) is 10.2. The zero-order chi connectivity index (χ0) is 19.6. The standard InChI is InChI=1S/C22H27N3O3/c1-2-23-21(27)22(11-6-12-25(15-22)20(26)17-9-10-17)14-18-13-19(24-28-18)16-7-4-3-5-8-16/h3-5,7-8,13,17H,2,6,9-12,14-15H2,1H3,(H,23,27). The summed E-state index contributed by atoms with van der Waals surface area (Å²) < 4.78 is 5.60. The summed E-state index contributed by atoms with van der Waals surface area (Å²) in [6.45, 7) is 3.68. The molecule has 1 aromatic carbocycles. The maximum absolute atomic E-state index is 13.0. The second-order valence-corrected chi connectivity index (χ2v) is 8.00. The molecule has 0 radical (unpaired) electrons. The van der Waals surface area contributed by atoms with Crippen LogP contribution in [0.4, 0.5) is 0 Å². The largest absolute Gasteiger partial charge is 0.361 e. The molecule has 0 spiro atoms. The van der Waals surface area contributed by atoms with E-state index in [-0.39, 0.29) is 17.7 Å². The van der Waals surface area contributed by atoms with E-state index in [0.29, 0.717) is 25.3 Å². The fourth-order valence-corrected chi connectivity index (χ4v) is 4.14. The van der Waals surface area contributed by atoms with Crippen molar-refractivity contribution in [1.29, 1.82) is 0 Å². The zero-order valence-electron chi connectivity index (χ0n) is 16.3. The molecule has 1 saturated heterocycles. The van der Waals surface area contributed by atoms with Gasteiger partial charge in [0.15, 0.2) is 0 Å². The third kappa shape index (κ3) is 3.81. The molecule has 1 saturated carbocycles. The lowest BCUT2D eigenvalue weighted by molar-refractivity contribution is -0.142. The van der Waals surface area contributed by atoms with Crippen LogP contribution < -0.4 is 5.32 Å². The number of hydrogen-bond donors (Lipinski definition) is 1. The van der Waals surface area contributed by atoms with Gasteiger partial charge in [0, 0.05) is 43.6 Å². The van der Waals surface area contributed by atoms with Crippen LogP contribution in [0.5, 0.6) is 0 Å². The molecule has 2 amide bonds. The lowest BCUT2D eigenvalue weighted by Gasteiger charge is -2.41. The minimum Gasteiger partial charge on any atom is -0.361 e. The third-order valence-electron chi connectivity index (χ3n) is 5.78. The molecule has 1 aliphatic carbocycles. The number of rotatable bonds is 6. The van der Waals surface area contributed by atoms with E-state index in [2.05, 4.69) is 10.5 Å². The van der Waals surface area contributed by atoms with Gasteiger partial charge in [-0.3, -0.25) is 9.59 Å². The number of piperidine rings is 1. The fraction of sp³-hybridized carbons (Fsp3) is 0.500. The minimum atomic E-state index is -0.660. The molecule has 2 heterocycles. The second kappa shape index (κ2) is 7.78. The van der Waals surface area contributed by atoms with Gasteiger partial charge in [0.1, 0.15) is 11.5 Å². The molecule has 0 bridgehead atoms. The predicted octanol–water partition coefficient (Wildman–Crippen LogP) is 3.04. The number of hydrogen-bond acceptors (Lipinski definition) is 4. The van der Waals surface area contributed by atoms with Gasteiger partial charge in [0.05, 0.1) is 5.41 Å². The molecule has 1 N–H and O–H groups in total. The van der Waals surface area contributed by atoms with Gasteiger partial charge in [-0.05, 0) is 32.6 Å². The van der Waals surface area contributed by atoms with E-state index in [1.807, 2.05) is 48.2 Å². The van der Waals surface area contributed by atoms with Crippen molar-refractivity contribution in [2.24, 2.45) is 11.3 Å². The molecular weight excluding hydrogens is 354 g/mol. The molecule has 28 heavy (non-hydrogen) atoms. The Bertz CT molecular complexity index is 844. The number of likely N-dealkylation sites (tertiary alicyclic amines) is 1. The highest BCUT2D eigenvalue weighted by atomic mass is 16.5. The van der Waals surface area contributed by atoms with Gasteiger partial charge >= 0.3 is 0 Å². The summed E-state index contributed by atoms with van der Waals surface area (Å²) in [5.41, 5.74) is 1.09.